The molecule has 0 fully saturated rings. The molecule has 0 spiro atoms. The van der Waals surface area contributed by atoms with E-state index >= 15 is 0 Å². The maximum atomic E-state index is 14.0. The number of oxime groups is 1. The van der Waals surface area contributed by atoms with E-state index in [1.807, 2.05) is 54.6 Å². The fourth-order valence-electron chi connectivity index (χ4n) is 5.01. The van der Waals surface area contributed by atoms with Crippen molar-refractivity contribution in [2.24, 2.45) is 10.1 Å². The van der Waals surface area contributed by atoms with E-state index in [9.17, 15) is 22.8 Å². The molecule has 3 aromatic rings. The van der Waals surface area contributed by atoms with E-state index < -0.39 is 42.1 Å². The number of nitrogens with zero attached hydrogens (tertiary/aromatic N) is 3. The van der Waals surface area contributed by atoms with Gasteiger partial charge in [0.25, 0.3) is 5.91 Å². The van der Waals surface area contributed by atoms with Crippen LogP contribution in [0.2, 0.25) is 5.02 Å². The number of hydrogen-bond acceptors (Lipinski definition) is 6. The van der Waals surface area contributed by atoms with Crippen LogP contribution in [0.4, 0.5) is 29.3 Å². The molecule has 2 aliphatic rings. The number of anilines is 2. The first kappa shape index (κ1) is 31.5. The Balaban J connectivity index is 1.36. The van der Waals surface area contributed by atoms with Crippen molar-refractivity contribution >= 4 is 61.2 Å². The number of rotatable bonds is 9. The first-order valence-electron chi connectivity index (χ1n) is 13.8. The molecule has 8 nitrogen and oxygen atoms in total. The molecule has 2 heterocycles. The van der Waals surface area contributed by atoms with Crippen molar-refractivity contribution in [3.63, 3.8) is 0 Å². The lowest BCUT2D eigenvalue weighted by Gasteiger charge is -2.25. The van der Waals surface area contributed by atoms with E-state index in [1.54, 1.807) is 4.90 Å². The van der Waals surface area contributed by atoms with Crippen LogP contribution in [0.1, 0.15) is 42.4 Å². The van der Waals surface area contributed by atoms with Gasteiger partial charge in [-0.2, -0.15) is 13.2 Å². The molecule has 1 N–H and O–H groups in total. The number of aliphatic imine (C=N–C) groups is 1. The number of benzene rings is 3. The normalized spacial score (nSPS) is 18.1. The number of halogens is 5. The second-order valence-corrected chi connectivity index (χ2v) is 11.5. The van der Waals surface area contributed by atoms with Gasteiger partial charge in [0.2, 0.25) is 0 Å². The van der Waals surface area contributed by atoms with Gasteiger partial charge in [-0.1, -0.05) is 65.3 Å². The van der Waals surface area contributed by atoms with E-state index in [4.69, 9.17) is 26.2 Å². The molecule has 0 aliphatic carbocycles. The Kier molecular flexibility index (Phi) is 9.90. The van der Waals surface area contributed by atoms with Crippen LogP contribution in [0, 0.1) is 0 Å². The van der Waals surface area contributed by atoms with Gasteiger partial charge in [-0.3, -0.25) is 15.1 Å². The maximum Gasteiger partial charge on any atom is 0.418 e. The number of para-hydroxylation sites is 1. The van der Waals surface area contributed by atoms with Gasteiger partial charge < -0.3 is 14.5 Å². The minimum absolute atomic E-state index is 0.0253. The average Bonchev–Trinajstić information content (AvgIpc) is 3.38. The summed E-state index contributed by atoms with van der Waals surface area (Å²) >= 11 is 9.08. The number of unbranched alkanes of at least 4 members (excludes halogenated alkanes) is 1. The van der Waals surface area contributed by atoms with Gasteiger partial charge in [0.05, 0.1) is 22.6 Å². The van der Waals surface area contributed by atoms with Crippen molar-refractivity contribution in [2.75, 3.05) is 23.4 Å². The third-order valence-corrected chi connectivity index (χ3v) is 7.79. The minimum atomic E-state index is -4.76. The van der Waals surface area contributed by atoms with E-state index in [1.165, 1.54) is 6.07 Å². The zero-order valence-electron chi connectivity index (χ0n) is 23.2. The Bertz CT molecular complexity index is 1590. The van der Waals surface area contributed by atoms with Crippen molar-refractivity contribution in [3.8, 4) is 0 Å². The van der Waals surface area contributed by atoms with Gasteiger partial charge in [0.1, 0.15) is 17.3 Å². The van der Waals surface area contributed by atoms with Gasteiger partial charge in [-0.15, -0.1) is 0 Å². The van der Waals surface area contributed by atoms with E-state index in [-0.39, 0.29) is 11.1 Å². The summed E-state index contributed by atoms with van der Waals surface area (Å²) in [5, 5.41) is 5.89. The van der Waals surface area contributed by atoms with Crippen LogP contribution in [0.5, 0.6) is 0 Å². The molecule has 3 aromatic carbocycles. The number of nitrogens with one attached hydrogen (secondary N) is 1. The molecule has 0 saturated carbocycles. The molecule has 0 radical (unpaired) electrons. The minimum Gasteiger partial charge on any atom is -0.446 e. The number of benzodiazepines with no additional fused rings is 1. The second kappa shape index (κ2) is 13.8. The van der Waals surface area contributed by atoms with Gasteiger partial charge >= 0.3 is 12.3 Å². The molecule has 2 atom stereocenters. The lowest BCUT2D eigenvalue weighted by Crippen LogP contribution is -2.41. The van der Waals surface area contributed by atoms with Crippen molar-refractivity contribution in [1.82, 2.24) is 0 Å². The smallest absolute Gasteiger partial charge is 0.418 e. The highest BCUT2D eigenvalue weighted by Crippen LogP contribution is 2.36. The molecule has 44 heavy (non-hydrogen) atoms. The summed E-state index contributed by atoms with van der Waals surface area (Å²) in [5.41, 5.74) is 1.02. The number of fused-ring (bicyclic) bond motifs is 1. The fraction of sp³-hybridized carbons (Fsp3) is 0.290. The van der Waals surface area contributed by atoms with Crippen LogP contribution in [0.3, 0.4) is 0 Å². The highest BCUT2D eigenvalue weighted by molar-refractivity contribution is 9.18. The number of carbonyl (C=O) groups is 2. The lowest BCUT2D eigenvalue weighted by atomic mass is 10.00. The van der Waals surface area contributed by atoms with E-state index in [2.05, 4.69) is 26.4 Å². The number of amides is 2. The van der Waals surface area contributed by atoms with Crippen LogP contribution in [0.15, 0.2) is 82.9 Å². The number of hydrogen-bond donors (Lipinski definition) is 1. The molecule has 2 aliphatic heterocycles. The van der Waals surface area contributed by atoms with Crippen molar-refractivity contribution in [2.45, 2.75) is 44.0 Å². The Morgan fingerprint density at radius 1 is 1.09 bits per heavy atom. The zero-order valence-corrected chi connectivity index (χ0v) is 25.5. The highest BCUT2D eigenvalue weighted by Gasteiger charge is 2.35. The molecule has 230 valence electrons. The molecular weight excluding hydrogens is 665 g/mol. The van der Waals surface area contributed by atoms with Crippen LogP contribution in [0.25, 0.3) is 0 Å². The molecule has 0 bridgehead atoms. The Morgan fingerprint density at radius 3 is 2.57 bits per heavy atom. The quantitative estimate of drug-likeness (QED) is 0.232. The van der Waals surface area contributed by atoms with E-state index in [0.29, 0.717) is 36.9 Å². The summed E-state index contributed by atoms with van der Waals surface area (Å²) in [5.74, 6) is -0.401. The van der Waals surface area contributed by atoms with Crippen LogP contribution in [-0.2, 0) is 20.5 Å². The lowest BCUT2D eigenvalue weighted by molar-refractivity contribution is -0.136. The van der Waals surface area contributed by atoms with Crippen LogP contribution < -0.4 is 10.2 Å². The second-order valence-electron chi connectivity index (χ2n) is 10.2. The number of alkyl halides is 3. The predicted octanol–water partition coefficient (Wildman–Crippen LogP) is 7.83. The SMILES string of the molecule is O=C(Nc1ccc(Cl)cc1C(F)(F)F)OC[C@H]1N=C(c2ccccc2)c2ccccc2N(CCCC[C@H]2CC(Br)=NO2)C1=O. The average molecular weight is 692 g/mol. The van der Waals surface area contributed by atoms with Gasteiger partial charge in [-0.05, 0) is 59.5 Å². The van der Waals surface area contributed by atoms with Crippen molar-refractivity contribution < 1.29 is 32.3 Å². The fourth-order valence-corrected chi connectivity index (χ4v) is 5.62. The molecule has 0 unspecified atom stereocenters. The molecule has 13 heteroatoms. The van der Waals surface area contributed by atoms with Gasteiger partial charge in [0.15, 0.2) is 6.04 Å². The van der Waals surface area contributed by atoms with Gasteiger partial charge in [-0.25, -0.2) is 4.79 Å². The zero-order chi connectivity index (χ0) is 31.3. The van der Waals surface area contributed by atoms with Crippen molar-refractivity contribution in [3.05, 3.63) is 94.5 Å². The third-order valence-electron chi connectivity index (χ3n) is 7.08. The molecular formula is C31H27BrClF3N4O4. The largest absolute Gasteiger partial charge is 0.446 e. The number of carbonyl (C=O) groups excluding carboxylic acids is 2. The predicted molar refractivity (Wildman–Crippen MR) is 166 cm³/mol. The van der Waals surface area contributed by atoms with Crippen molar-refractivity contribution in [1.29, 1.82) is 0 Å². The molecule has 5 rings (SSSR count). The summed E-state index contributed by atoms with van der Waals surface area (Å²) < 4.78 is 46.7. The molecule has 0 aromatic heterocycles. The van der Waals surface area contributed by atoms with Gasteiger partial charge in [0, 0.05) is 29.1 Å². The Labute approximate surface area is 265 Å². The Hall–Kier alpha value is -3.90. The molecule has 0 saturated heterocycles. The summed E-state index contributed by atoms with van der Waals surface area (Å²) in [6.07, 6.45) is -3.08. The first-order valence-corrected chi connectivity index (χ1v) is 15.0. The summed E-state index contributed by atoms with van der Waals surface area (Å²) in [4.78, 5) is 38.4. The summed E-state index contributed by atoms with van der Waals surface area (Å²) in [7, 11) is 0. The van der Waals surface area contributed by atoms with Crippen LogP contribution in [-0.4, -0.2) is 47.6 Å². The third kappa shape index (κ3) is 7.59. The highest BCUT2D eigenvalue weighted by atomic mass is 79.9. The standard InChI is InChI=1S/C31H27BrClF3N4O4/c32-27-17-21(44-39-27)10-6-7-15-40-26-12-5-4-11-22(26)28(19-8-2-1-3-9-19)37-25(29(40)41)18-43-30(42)38-24-14-13-20(33)16-23(24)31(34,35)36/h1-5,8-9,11-14,16,21,25H,6-7,10,15,17-18H2,(H,38,42)/t21-,25+/m0/s1. The Morgan fingerprint density at radius 2 is 1.84 bits per heavy atom. The summed E-state index contributed by atoms with van der Waals surface area (Å²) in [6.45, 7) is -0.133. The van der Waals surface area contributed by atoms with E-state index in [0.717, 1.165) is 34.7 Å². The van der Waals surface area contributed by atoms with Crippen LogP contribution >= 0.6 is 27.5 Å². The topological polar surface area (TPSA) is 92.6 Å². The first-order chi connectivity index (χ1) is 21.1. The summed E-state index contributed by atoms with van der Waals surface area (Å²) in [6, 6.07) is 18.5. The maximum absolute atomic E-state index is 14.0. The molecule has 2 amide bonds. The number of ether oxygens (including phenoxy) is 1. The monoisotopic (exact) mass is 690 g/mol.